The van der Waals surface area contributed by atoms with Crippen LogP contribution in [0.15, 0.2) is 46.6 Å². The minimum atomic E-state index is -0.0689. The van der Waals surface area contributed by atoms with Gasteiger partial charge in [-0.15, -0.1) is 10.2 Å². The summed E-state index contributed by atoms with van der Waals surface area (Å²) in [6.45, 7) is 8.00. The number of azo groups is 1. The van der Waals surface area contributed by atoms with Gasteiger partial charge in [-0.1, -0.05) is 39.0 Å². The van der Waals surface area contributed by atoms with Gasteiger partial charge in [0, 0.05) is 11.5 Å². The molecule has 2 aromatic heterocycles. The summed E-state index contributed by atoms with van der Waals surface area (Å²) >= 11 is 0. The molecule has 0 amide bonds. The smallest absolute Gasteiger partial charge is 0.243 e. The third-order valence-corrected chi connectivity index (χ3v) is 3.60. The monoisotopic (exact) mass is 324 g/mol. The number of para-hydroxylation sites is 1. The van der Waals surface area contributed by atoms with Crippen molar-refractivity contribution in [3.05, 3.63) is 47.8 Å². The fourth-order valence-electron chi connectivity index (χ4n) is 2.22. The van der Waals surface area contributed by atoms with Crippen molar-refractivity contribution < 1.29 is 5.11 Å². The van der Waals surface area contributed by atoms with Crippen molar-refractivity contribution in [2.75, 3.05) is 0 Å². The second-order valence-corrected chi connectivity index (χ2v) is 6.59. The van der Waals surface area contributed by atoms with E-state index in [9.17, 15) is 5.11 Å². The van der Waals surface area contributed by atoms with Gasteiger partial charge in [-0.3, -0.25) is 5.10 Å². The molecular weight excluding hydrogens is 304 g/mol. The van der Waals surface area contributed by atoms with E-state index in [0.29, 0.717) is 17.2 Å². The maximum Gasteiger partial charge on any atom is 0.243 e. The highest BCUT2D eigenvalue weighted by atomic mass is 16.3. The van der Waals surface area contributed by atoms with E-state index in [4.69, 9.17) is 0 Å². The Bertz CT molecular complexity index is 870. The lowest BCUT2D eigenvalue weighted by molar-refractivity contribution is 0.434. The van der Waals surface area contributed by atoms with Crippen LogP contribution in [0.3, 0.4) is 0 Å². The van der Waals surface area contributed by atoms with Crippen molar-refractivity contribution in [2.45, 2.75) is 33.1 Å². The first-order valence-electron chi connectivity index (χ1n) is 7.68. The Morgan fingerprint density at radius 2 is 1.83 bits per heavy atom. The molecule has 7 heteroatoms. The van der Waals surface area contributed by atoms with E-state index in [1.807, 2.05) is 36.4 Å². The number of nitrogens with one attached hydrogen (secondary N) is 1. The number of aromatic hydroxyl groups is 1. The Morgan fingerprint density at radius 3 is 2.46 bits per heavy atom. The summed E-state index contributed by atoms with van der Waals surface area (Å²) in [6, 6.07) is 11.2. The fraction of sp³-hybridized carbons (Fsp3) is 0.294. The molecule has 0 saturated heterocycles. The van der Waals surface area contributed by atoms with Gasteiger partial charge < -0.3 is 5.11 Å². The first-order chi connectivity index (χ1) is 11.4. The third kappa shape index (κ3) is 3.05. The summed E-state index contributed by atoms with van der Waals surface area (Å²) in [5.41, 5.74) is 2.52. The highest BCUT2D eigenvalue weighted by Crippen LogP contribution is 2.33. The Kier molecular flexibility index (Phi) is 3.92. The van der Waals surface area contributed by atoms with Crippen LogP contribution in [0.25, 0.3) is 5.69 Å². The van der Waals surface area contributed by atoms with E-state index in [2.05, 4.69) is 46.3 Å². The van der Waals surface area contributed by atoms with Gasteiger partial charge >= 0.3 is 0 Å². The lowest BCUT2D eigenvalue weighted by atomic mass is 9.92. The average Bonchev–Trinajstić information content (AvgIpc) is 3.12. The molecule has 2 heterocycles. The van der Waals surface area contributed by atoms with Crippen molar-refractivity contribution in [1.82, 2.24) is 20.0 Å². The molecule has 0 spiro atoms. The molecule has 1 aromatic carbocycles. The van der Waals surface area contributed by atoms with Crippen molar-refractivity contribution in [1.29, 1.82) is 0 Å². The van der Waals surface area contributed by atoms with Crippen LogP contribution in [-0.2, 0) is 5.41 Å². The van der Waals surface area contributed by atoms with Gasteiger partial charge in [0.1, 0.15) is 0 Å². The van der Waals surface area contributed by atoms with E-state index in [1.54, 1.807) is 6.92 Å². The van der Waals surface area contributed by atoms with Crippen LogP contribution in [-0.4, -0.2) is 25.1 Å². The molecule has 0 bridgehead atoms. The number of aromatic nitrogens is 4. The molecule has 2 N–H and O–H groups in total. The van der Waals surface area contributed by atoms with Crippen LogP contribution in [0, 0.1) is 6.92 Å². The number of hydrogen-bond acceptors (Lipinski definition) is 5. The zero-order valence-electron chi connectivity index (χ0n) is 14.1. The second kappa shape index (κ2) is 5.92. The maximum atomic E-state index is 10.4. The Morgan fingerprint density at radius 1 is 1.12 bits per heavy atom. The summed E-state index contributed by atoms with van der Waals surface area (Å²) in [5.74, 6) is 0.490. The number of aromatic amines is 1. The Labute approximate surface area is 140 Å². The summed E-state index contributed by atoms with van der Waals surface area (Å²) in [6.07, 6.45) is 0. The maximum absolute atomic E-state index is 10.4. The van der Waals surface area contributed by atoms with E-state index in [1.165, 1.54) is 4.68 Å². The molecule has 0 aliphatic rings. The minimum absolute atomic E-state index is 0.0435. The first kappa shape index (κ1) is 15.9. The van der Waals surface area contributed by atoms with Gasteiger partial charge in [-0.05, 0) is 19.1 Å². The predicted octanol–water partition coefficient (Wildman–Crippen LogP) is 4.32. The van der Waals surface area contributed by atoms with Crippen LogP contribution in [0.2, 0.25) is 0 Å². The molecule has 0 fully saturated rings. The van der Waals surface area contributed by atoms with Crippen LogP contribution >= 0.6 is 0 Å². The zero-order valence-corrected chi connectivity index (χ0v) is 14.1. The number of benzene rings is 1. The Balaban J connectivity index is 1.91. The van der Waals surface area contributed by atoms with Crippen molar-refractivity contribution >= 4 is 11.5 Å². The zero-order chi connectivity index (χ0) is 17.3. The van der Waals surface area contributed by atoms with Gasteiger partial charge in [0.15, 0.2) is 11.5 Å². The second-order valence-electron chi connectivity index (χ2n) is 6.59. The summed E-state index contributed by atoms with van der Waals surface area (Å²) in [7, 11) is 0. The summed E-state index contributed by atoms with van der Waals surface area (Å²) in [5, 5.41) is 30.1. The molecule has 7 nitrogen and oxygen atoms in total. The quantitative estimate of drug-likeness (QED) is 0.703. The molecule has 24 heavy (non-hydrogen) atoms. The lowest BCUT2D eigenvalue weighted by Gasteiger charge is -2.13. The highest BCUT2D eigenvalue weighted by molar-refractivity contribution is 5.54. The molecule has 3 aromatic rings. The number of nitrogens with zero attached hydrogens (tertiary/aromatic N) is 5. The van der Waals surface area contributed by atoms with Crippen LogP contribution in [0.1, 0.15) is 32.2 Å². The van der Waals surface area contributed by atoms with Gasteiger partial charge in [0.25, 0.3) is 0 Å². The minimum Gasteiger partial charge on any atom is -0.492 e. The summed E-state index contributed by atoms with van der Waals surface area (Å²) in [4.78, 5) is 0. The molecule has 124 valence electrons. The molecule has 0 unspecified atom stereocenters. The standard InChI is InChI=1S/C17H20N6O/c1-11-15(16(24)23(22-11)12-8-6-5-7-9-12)21-20-14-10-13(18-19-14)17(2,3)4/h5-10,24H,1-4H3,(H,18,19)/b21-20+. The van der Waals surface area contributed by atoms with Gasteiger partial charge in [-0.25, -0.2) is 0 Å². The molecule has 3 rings (SSSR count). The molecule has 0 atom stereocenters. The van der Waals surface area contributed by atoms with Crippen molar-refractivity contribution in [2.24, 2.45) is 10.2 Å². The molecule has 0 aliphatic carbocycles. The van der Waals surface area contributed by atoms with Crippen molar-refractivity contribution in [3.8, 4) is 11.6 Å². The molecule has 0 radical (unpaired) electrons. The first-order valence-corrected chi connectivity index (χ1v) is 7.68. The van der Waals surface area contributed by atoms with Gasteiger partial charge in [0.2, 0.25) is 5.88 Å². The van der Waals surface area contributed by atoms with E-state index in [0.717, 1.165) is 11.4 Å². The number of H-pyrrole nitrogens is 1. The average molecular weight is 324 g/mol. The van der Waals surface area contributed by atoms with Crippen LogP contribution < -0.4 is 0 Å². The summed E-state index contributed by atoms with van der Waals surface area (Å²) < 4.78 is 1.44. The Hall–Kier alpha value is -2.96. The highest BCUT2D eigenvalue weighted by Gasteiger charge is 2.18. The van der Waals surface area contributed by atoms with Crippen molar-refractivity contribution in [3.63, 3.8) is 0 Å². The van der Waals surface area contributed by atoms with Gasteiger partial charge in [0.05, 0.1) is 17.1 Å². The fourth-order valence-corrected chi connectivity index (χ4v) is 2.22. The number of hydrogen-bond donors (Lipinski definition) is 2. The predicted molar refractivity (Wildman–Crippen MR) is 91.4 cm³/mol. The third-order valence-electron chi connectivity index (χ3n) is 3.60. The normalized spacial score (nSPS) is 12.2. The topological polar surface area (TPSA) is 91.4 Å². The number of rotatable bonds is 3. The van der Waals surface area contributed by atoms with E-state index < -0.39 is 0 Å². The van der Waals surface area contributed by atoms with E-state index in [-0.39, 0.29) is 11.3 Å². The van der Waals surface area contributed by atoms with Crippen LogP contribution in [0.5, 0.6) is 5.88 Å². The molecule has 0 aliphatic heterocycles. The number of aryl methyl sites for hydroxylation is 1. The van der Waals surface area contributed by atoms with E-state index >= 15 is 0 Å². The largest absolute Gasteiger partial charge is 0.492 e. The van der Waals surface area contributed by atoms with Gasteiger partial charge in [-0.2, -0.15) is 14.9 Å². The van der Waals surface area contributed by atoms with Crippen LogP contribution in [0.4, 0.5) is 11.5 Å². The molecular formula is C17H20N6O. The SMILES string of the molecule is Cc1nn(-c2ccccc2)c(O)c1/N=N/c1cc(C(C)(C)C)n[nH]1. The lowest BCUT2D eigenvalue weighted by Crippen LogP contribution is -2.11. The molecule has 0 saturated carbocycles.